The van der Waals surface area contributed by atoms with Crippen LogP contribution in [0.15, 0.2) is 0 Å². The molecule has 0 radical (unpaired) electrons. The standard InChI is InChI=1S/C14H28N2O2/c1-13(2,8-9-15)7-5-12(17)16-11-14(3)6-4-10-18-14/h4-11,15H2,1-3H3,(H,16,17). The van der Waals surface area contributed by atoms with E-state index in [1.807, 2.05) is 0 Å². The molecule has 0 aromatic heterocycles. The second kappa shape index (κ2) is 6.53. The predicted molar refractivity (Wildman–Crippen MR) is 73.3 cm³/mol. The van der Waals surface area contributed by atoms with Gasteiger partial charge in [0.25, 0.3) is 0 Å². The molecule has 3 N–H and O–H groups in total. The first-order chi connectivity index (χ1) is 8.37. The van der Waals surface area contributed by atoms with E-state index in [0.29, 0.717) is 19.5 Å². The van der Waals surface area contributed by atoms with Crippen molar-refractivity contribution in [2.45, 2.75) is 58.5 Å². The summed E-state index contributed by atoms with van der Waals surface area (Å²) in [6.45, 7) is 8.52. The van der Waals surface area contributed by atoms with E-state index in [2.05, 4.69) is 26.1 Å². The van der Waals surface area contributed by atoms with Gasteiger partial charge in [-0.25, -0.2) is 0 Å². The second-order valence-corrected chi connectivity index (χ2v) is 6.38. The molecule has 0 aromatic rings. The smallest absolute Gasteiger partial charge is 0.220 e. The van der Waals surface area contributed by atoms with Crippen LogP contribution in [0, 0.1) is 5.41 Å². The summed E-state index contributed by atoms with van der Waals surface area (Å²) in [4.78, 5) is 11.8. The Morgan fingerprint density at radius 3 is 2.72 bits per heavy atom. The summed E-state index contributed by atoms with van der Waals surface area (Å²) in [7, 11) is 0. The number of amides is 1. The van der Waals surface area contributed by atoms with Crippen LogP contribution in [0.3, 0.4) is 0 Å². The van der Waals surface area contributed by atoms with Crippen LogP contribution in [0.25, 0.3) is 0 Å². The summed E-state index contributed by atoms with van der Waals surface area (Å²) in [5, 5.41) is 2.98. The number of nitrogens with two attached hydrogens (primary N) is 1. The molecule has 1 fully saturated rings. The number of nitrogens with one attached hydrogen (secondary N) is 1. The molecule has 1 amide bonds. The third kappa shape index (κ3) is 5.36. The number of ether oxygens (including phenoxy) is 1. The van der Waals surface area contributed by atoms with E-state index >= 15 is 0 Å². The van der Waals surface area contributed by atoms with Crippen LogP contribution in [0.4, 0.5) is 0 Å². The minimum absolute atomic E-state index is 0.122. The van der Waals surface area contributed by atoms with Crippen molar-refractivity contribution in [3.05, 3.63) is 0 Å². The molecule has 1 rings (SSSR count). The Balaban J connectivity index is 2.21. The zero-order valence-corrected chi connectivity index (χ0v) is 12.1. The quantitative estimate of drug-likeness (QED) is 0.730. The van der Waals surface area contributed by atoms with Gasteiger partial charge in [-0.1, -0.05) is 13.8 Å². The summed E-state index contributed by atoms with van der Waals surface area (Å²) in [5.41, 5.74) is 5.56. The third-order valence-electron chi connectivity index (χ3n) is 3.81. The van der Waals surface area contributed by atoms with Gasteiger partial charge in [0.2, 0.25) is 5.91 Å². The van der Waals surface area contributed by atoms with Crippen molar-refractivity contribution in [3.8, 4) is 0 Å². The zero-order chi connectivity index (χ0) is 13.6. The third-order valence-corrected chi connectivity index (χ3v) is 3.81. The van der Waals surface area contributed by atoms with E-state index in [1.165, 1.54) is 0 Å². The van der Waals surface area contributed by atoms with Crippen LogP contribution in [-0.2, 0) is 9.53 Å². The van der Waals surface area contributed by atoms with Gasteiger partial charge < -0.3 is 15.8 Å². The largest absolute Gasteiger partial charge is 0.373 e. The SMILES string of the molecule is CC(C)(CCN)CCC(=O)NCC1(C)CCCO1. The minimum atomic E-state index is -0.150. The van der Waals surface area contributed by atoms with Gasteiger partial charge in [0.15, 0.2) is 0 Å². The monoisotopic (exact) mass is 256 g/mol. The Labute approximate surface area is 111 Å². The van der Waals surface area contributed by atoms with Gasteiger partial charge in [-0.05, 0) is 44.6 Å². The number of carbonyl (C=O) groups excluding carboxylic acids is 1. The average molecular weight is 256 g/mol. The molecule has 1 aliphatic rings. The second-order valence-electron chi connectivity index (χ2n) is 6.38. The molecule has 18 heavy (non-hydrogen) atoms. The Kier molecular flexibility index (Phi) is 5.60. The van der Waals surface area contributed by atoms with Gasteiger partial charge in [-0.3, -0.25) is 4.79 Å². The van der Waals surface area contributed by atoms with E-state index in [-0.39, 0.29) is 16.9 Å². The van der Waals surface area contributed by atoms with Crippen molar-refractivity contribution in [2.24, 2.45) is 11.1 Å². The van der Waals surface area contributed by atoms with Crippen LogP contribution in [-0.4, -0.2) is 31.2 Å². The average Bonchev–Trinajstić information content (AvgIpc) is 2.72. The molecule has 1 unspecified atom stereocenters. The zero-order valence-electron chi connectivity index (χ0n) is 12.1. The summed E-state index contributed by atoms with van der Waals surface area (Å²) >= 11 is 0. The molecule has 4 nitrogen and oxygen atoms in total. The first-order valence-corrected chi connectivity index (χ1v) is 6.98. The molecule has 4 heteroatoms. The molecule has 0 aliphatic carbocycles. The first kappa shape index (κ1) is 15.4. The summed E-state index contributed by atoms with van der Waals surface area (Å²) in [6.07, 6.45) is 4.54. The van der Waals surface area contributed by atoms with Crippen molar-refractivity contribution in [2.75, 3.05) is 19.7 Å². The predicted octanol–water partition coefficient (Wildman–Crippen LogP) is 1.83. The van der Waals surface area contributed by atoms with Crippen molar-refractivity contribution in [1.29, 1.82) is 0 Å². The highest BCUT2D eigenvalue weighted by molar-refractivity contribution is 5.75. The Bertz CT molecular complexity index is 271. The first-order valence-electron chi connectivity index (χ1n) is 6.98. The molecular weight excluding hydrogens is 228 g/mol. The molecule has 106 valence electrons. The van der Waals surface area contributed by atoms with E-state index in [0.717, 1.165) is 32.3 Å². The fourth-order valence-corrected chi connectivity index (χ4v) is 2.32. The number of hydrogen-bond acceptors (Lipinski definition) is 3. The molecule has 0 spiro atoms. The molecule has 1 aliphatic heterocycles. The van der Waals surface area contributed by atoms with Crippen LogP contribution >= 0.6 is 0 Å². The van der Waals surface area contributed by atoms with E-state index in [4.69, 9.17) is 10.5 Å². The van der Waals surface area contributed by atoms with Crippen molar-refractivity contribution >= 4 is 5.91 Å². The van der Waals surface area contributed by atoms with Crippen molar-refractivity contribution in [3.63, 3.8) is 0 Å². The van der Waals surface area contributed by atoms with Gasteiger partial charge in [0, 0.05) is 19.6 Å². The van der Waals surface area contributed by atoms with Crippen LogP contribution in [0.1, 0.15) is 52.9 Å². The lowest BCUT2D eigenvalue weighted by Crippen LogP contribution is -2.40. The maximum absolute atomic E-state index is 11.8. The minimum Gasteiger partial charge on any atom is -0.373 e. The molecule has 1 heterocycles. The lowest BCUT2D eigenvalue weighted by molar-refractivity contribution is -0.122. The van der Waals surface area contributed by atoms with Crippen LogP contribution < -0.4 is 11.1 Å². The van der Waals surface area contributed by atoms with Gasteiger partial charge in [0.05, 0.1) is 5.60 Å². The van der Waals surface area contributed by atoms with E-state index in [9.17, 15) is 4.79 Å². The highest BCUT2D eigenvalue weighted by Crippen LogP contribution is 2.26. The summed E-state index contributed by atoms with van der Waals surface area (Å²) < 4.78 is 5.64. The van der Waals surface area contributed by atoms with Crippen molar-refractivity contribution < 1.29 is 9.53 Å². The molecule has 0 bridgehead atoms. The molecule has 1 saturated heterocycles. The lowest BCUT2D eigenvalue weighted by atomic mass is 9.84. The number of carbonyl (C=O) groups is 1. The highest BCUT2D eigenvalue weighted by Gasteiger charge is 2.30. The fraction of sp³-hybridized carbons (Fsp3) is 0.929. The summed E-state index contributed by atoms with van der Waals surface area (Å²) in [5.74, 6) is 0.122. The van der Waals surface area contributed by atoms with Crippen molar-refractivity contribution in [1.82, 2.24) is 5.32 Å². The van der Waals surface area contributed by atoms with Gasteiger partial charge >= 0.3 is 0 Å². The number of rotatable bonds is 7. The molecule has 0 saturated carbocycles. The molecule has 0 aromatic carbocycles. The van der Waals surface area contributed by atoms with E-state index < -0.39 is 0 Å². The topological polar surface area (TPSA) is 64.4 Å². The van der Waals surface area contributed by atoms with E-state index in [1.54, 1.807) is 0 Å². The van der Waals surface area contributed by atoms with Crippen LogP contribution in [0.2, 0.25) is 0 Å². The summed E-state index contributed by atoms with van der Waals surface area (Å²) in [6, 6.07) is 0. The Morgan fingerprint density at radius 1 is 1.44 bits per heavy atom. The van der Waals surface area contributed by atoms with Crippen LogP contribution in [0.5, 0.6) is 0 Å². The van der Waals surface area contributed by atoms with Gasteiger partial charge in [0.1, 0.15) is 0 Å². The van der Waals surface area contributed by atoms with Gasteiger partial charge in [-0.2, -0.15) is 0 Å². The Morgan fingerprint density at radius 2 is 2.17 bits per heavy atom. The normalized spacial score (nSPS) is 24.2. The maximum atomic E-state index is 11.8. The number of hydrogen-bond donors (Lipinski definition) is 2. The molecular formula is C14H28N2O2. The molecule has 1 atom stereocenters. The Hall–Kier alpha value is -0.610. The lowest BCUT2D eigenvalue weighted by Gasteiger charge is -2.25. The maximum Gasteiger partial charge on any atom is 0.220 e. The highest BCUT2D eigenvalue weighted by atomic mass is 16.5. The van der Waals surface area contributed by atoms with Gasteiger partial charge in [-0.15, -0.1) is 0 Å². The fourth-order valence-electron chi connectivity index (χ4n) is 2.32.